The second-order valence-electron chi connectivity index (χ2n) is 3.47. The summed E-state index contributed by atoms with van der Waals surface area (Å²) in [6.45, 7) is 5.00. The molecule has 3 heteroatoms. The summed E-state index contributed by atoms with van der Waals surface area (Å²) in [5.74, 6) is 0.252. The minimum absolute atomic E-state index is 0.0188. The van der Waals surface area contributed by atoms with E-state index in [1.807, 2.05) is 0 Å². The summed E-state index contributed by atoms with van der Waals surface area (Å²) in [5.41, 5.74) is 5.01. The topological polar surface area (TPSA) is 55.6 Å². The van der Waals surface area contributed by atoms with Crippen LogP contribution in [0.4, 0.5) is 0 Å². The zero-order chi connectivity index (χ0) is 8.48. The molecule has 0 aliphatic carbocycles. The van der Waals surface area contributed by atoms with Gasteiger partial charge in [0.05, 0.1) is 12.2 Å². The monoisotopic (exact) mass is 157 g/mol. The van der Waals surface area contributed by atoms with Crippen molar-refractivity contribution in [3.05, 3.63) is 0 Å². The third-order valence-electron chi connectivity index (χ3n) is 2.36. The second-order valence-corrected chi connectivity index (χ2v) is 3.47. The molecular formula is C8H15NO2. The number of carbonyl (C=O) groups is 1. The van der Waals surface area contributed by atoms with Crippen molar-refractivity contribution in [2.75, 3.05) is 6.61 Å². The van der Waals surface area contributed by atoms with Crippen LogP contribution >= 0.6 is 0 Å². The van der Waals surface area contributed by atoms with E-state index in [0.717, 1.165) is 13.0 Å². The molecule has 3 nitrogen and oxygen atoms in total. The quantitative estimate of drug-likeness (QED) is 0.610. The van der Waals surface area contributed by atoms with Gasteiger partial charge < -0.3 is 10.5 Å². The van der Waals surface area contributed by atoms with Crippen LogP contribution in [0.1, 0.15) is 26.7 Å². The van der Waals surface area contributed by atoms with Crippen molar-refractivity contribution in [1.29, 1.82) is 0 Å². The number of hydrogen-bond donors (Lipinski definition) is 1. The lowest BCUT2D eigenvalue weighted by molar-refractivity contribution is -0.118. The van der Waals surface area contributed by atoms with Gasteiger partial charge in [0, 0.05) is 6.42 Å². The zero-order valence-electron chi connectivity index (χ0n) is 7.09. The van der Waals surface area contributed by atoms with E-state index in [1.54, 1.807) is 0 Å². The summed E-state index contributed by atoms with van der Waals surface area (Å²) >= 11 is 0. The molecule has 1 unspecified atom stereocenters. The van der Waals surface area contributed by atoms with Crippen molar-refractivity contribution in [3.8, 4) is 0 Å². The number of primary amides is 1. The van der Waals surface area contributed by atoms with Crippen molar-refractivity contribution >= 4 is 5.91 Å². The standard InChI is InChI=1S/C8H15NO2/c1-6(2)8(5-11-8)4-3-7(9)10/h6H,3-5H2,1-2H3,(H2,9,10). The number of amides is 1. The Morgan fingerprint density at radius 3 is 2.55 bits per heavy atom. The molecule has 1 aliphatic rings. The molecule has 0 radical (unpaired) electrons. The fourth-order valence-electron chi connectivity index (χ4n) is 1.19. The number of rotatable bonds is 4. The molecule has 0 saturated carbocycles. The second kappa shape index (κ2) is 2.81. The Morgan fingerprint density at radius 2 is 2.27 bits per heavy atom. The highest BCUT2D eigenvalue weighted by molar-refractivity contribution is 5.73. The maximum atomic E-state index is 10.5. The summed E-state index contributed by atoms with van der Waals surface area (Å²) in [7, 11) is 0. The van der Waals surface area contributed by atoms with Crippen molar-refractivity contribution in [2.45, 2.75) is 32.3 Å². The van der Waals surface area contributed by atoms with Gasteiger partial charge in [-0.2, -0.15) is 0 Å². The van der Waals surface area contributed by atoms with Gasteiger partial charge in [-0.1, -0.05) is 13.8 Å². The van der Waals surface area contributed by atoms with Crippen LogP contribution in [0.2, 0.25) is 0 Å². The molecule has 1 fully saturated rings. The molecule has 1 saturated heterocycles. The lowest BCUT2D eigenvalue weighted by Crippen LogP contribution is -2.22. The summed E-state index contributed by atoms with van der Waals surface area (Å²) in [4.78, 5) is 10.5. The summed E-state index contributed by atoms with van der Waals surface area (Å²) in [6, 6.07) is 0. The molecule has 11 heavy (non-hydrogen) atoms. The van der Waals surface area contributed by atoms with Gasteiger partial charge in [-0.3, -0.25) is 4.79 Å². The van der Waals surface area contributed by atoms with Crippen molar-refractivity contribution in [1.82, 2.24) is 0 Å². The van der Waals surface area contributed by atoms with Crippen LogP contribution in [0.25, 0.3) is 0 Å². The maximum absolute atomic E-state index is 10.5. The third-order valence-corrected chi connectivity index (χ3v) is 2.36. The van der Waals surface area contributed by atoms with Gasteiger partial charge >= 0.3 is 0 Å². The molecule has 0 bridgehead atoms. The van der Waals surface area contributed by atoms with Crippen molar-refractivity contribution < 1.29 is 9.53 Å². The fourth-order valence-corrected chi connectivity index (χ4v) is 1.19. The van der Waals surface area contributed by atoms with Crippen molar-refractivity contribution in [2.24, 2.45) is 11.7 Å². The smallest absolute Gasteiger partial charge is 0.217 e. The Kier molecular flexibility index (Phi) is 2.18. The van der Waals surface area contributed by atoms with Crippen LogP contribution in [0.3, 0.4) is 0 Å². The predicted octanol–water partition coefficient (Wildman–Crippen LogP) is 0.677. The van der Waals surface area contributed by atoms with Gasteiger partial charge in [0.25, 0.3) is 0 Å². The molecule has 1 aliphatic heterocycles. The first-order valence-electron chi connectivity index (χ1n) is 3.99. The fraction of sp³-hybridized carbons (Fsp3) is 0.875. The largest absolute Gasteiger partial charge is 0.370 e. The lowest BCUT2D eigenvalue weighted by atomic mass is 9.92. The van der Waals surface area contributed by atoms with Crippen LogP contribution < -0.4 is 5.73 Å². The first-order valence-corrected chi connectivity index (χ1v) is 3.99. The highest BCUT2D eigenvalue weighted by Crippen LogP contribution is 2.39. The number of ether oxygens (including phenoxy) is 1. The lowest BCUT2D eigenvalue weighted by Gasteiger charge is -2.13. The van der Waals surface area contributed by atoms with E-state index in [1.165, 1.54) is 0 Å². The molecule has 2 N–H and O–H groups in total. The normalized spacial score (nSPS) is 29.0. The predicted molar refractivity (Wildman–Crippen MR) is 41.9 cm³/mol. The summed E-state index contributed by atoms with van der Waals surface area (Å²) < 4.78 is 5.30. The SMILES string of the molecule is CC(C)C1(CCC(N)=O)CO1. The van der Waals surface area contributed by atoms with Crippen LogP contribution in [-0.4, -0.2) is 18.1 Å². The molecule has 1 heterocycles. The molecule has 64 valence electrons. The van der Waals surface area contributed by atoms with Gasteiger partial charge in [-0.25, -0.2) is 0 Å². The number of hydrogen-bond acceptors (Lipinski definition) is 2. The number of epoxide rings is 1. The van der Waals surface area contributed by atoms with Gasteiger partial charge in [0.15, 0.2) is 0 Å². The van der Waals surface area contributed by atoms with E-state index in [4.69, 9.17) is 10.5 Å². The Labute approximate surface area is 66.9 Å². The van der Waals surface area contributed by atoms with E-state index in [-0.39, 0.29) is 11.5 Å². The Hall–Kier alpha value is -0.570. The minimum Gasteiger partial charge on any atom is -0.370 e. The first-order chi connectivity index (χ1) is 5.07. The molecule has 0 aromatic heterocycles. The average Bonchev–Trinajstić information content (AvgIpc) is 2.63. The highest BCUT2D eigenvalue weighted by atomic mass is 16.6. The molecular weight excluding hydrogens is 142 g/mol. The summed E-state index contributed by atoms with van der Waals surface area (Å²) in [6.07, 6.45) is 1.22. The van der Waals surface area contributed by atoms with Crippen molar-refractivity contribution in [3.63, 3.8) is 0 Å². The van der Waals surface area contributed by atoms with Crippen LogP contribution in [0.5, 0.6) is 0 Å². The van der Waals surface area contributed by atoms with Crippen LogP contribution in [0, 0.1) is 5.92 Å². The third kappa shape index (κ3) is 1.93. The number of nitrogens with two attached hydrogens (primary N) is 1. The Morgan fingerprint density at radius 1 is 1.73 bits per heavy atom. The Balaban J connectivity index is 2.30. The molecule has 0 spiro atoms. The van der Waals surface area contributed by atoms with E-state index in [9.17, 15) is 4.79 Å². The highest BCUT2D eigenvalue weighted by Gasteiger charge is 2.46. The van der Waals surface area contributed by atoms with Crippen LogP contribution in [0.15, 0.2) is 0 Å². The van der Waals surface area contributed by atoms with Gasteiger partial charge in [0.1, 0.15) is 0 Å². The molecule has 1 amide bonds. The van der Waals surface area contributed by atoms with Crippen LogP contribution in [-0.2, 0) is 9.53 Å². The molecule has 1 atom stereocenters. The van der Waals surface area contributed by atoms with E-state index in [0.29, 0.717) is 12.3 Å². The van der Waals surface area contributed by atoms with E-state index in [2.05, 4.69) is 13.8 Å². The van der Waals surface area contributed by atoms with E-state index >= 15 is 0 Å². The van der Waals surface area contributed by atoms with Gasteiger partial charge in [-0.15, -0.1) is 0 Å². The maximum Gasteiger partial charge on any atom is 0.217 e. The Bertz CT molecular complexity index is 161. The summed E-state index contributed by atoms with van der Waals surface area (Å²) in [5, 5.41) is 0. The molecule has 0 aromatic rings. The van der Waals surface area contributed by atoms with Gasteiger partial charge in [-0.05, 0) is 12.3 Å². The molecule has 1 rings (SSSR count). The van der Waals surface area contributed by atoms with E-state index < -0.39 is 0 Å². The minimum atomic E-state index is -0.236. The number of carbonyl (C=O) groups excluding carboxylic acids is 1. The zero-order valence-corrected chi connectivity index (χ0v) is 7.09. The molecule has 0 aromatic carbocycles. The average molecular weight is 157 g/mol. The van der Waals surface area contributed by atoms with Gasteiger partial charge in [0.2, 0.25) is 5.91 Å². The first kappa shape index (κ1) is 8.53.